The maximum Gasteiger partial charge on any atom is 0.122 e. The molecule has 1 saturated heterocycles. The number of hydrogen-bond donors (Lipinski definition) is 2. The molecule has 0 spiro atoms. The third-order valence-corrected chi connectivity index (χ3v) is 3.72. The van der Waals surface area contributed by atoms with Crippen LogP contribution in [0.4, 0.5) is 5.69 Å². The van der Waals surface area contributed by atoms with E-state index in [2.05, 4.69) is 36.6 Å². The van der Waals surface area contributed by atoms with Gasteiger partial charge in [0.25, 0.3) is 0 Å². The van der Waals surface area contributed by atoms with Crippen LogP contribution < -0.4 is 15.4 Å². The average molecular weight is 248 g/mol. The number of nitrogens with one attached hydrogen (secondary N) is 2. The Morgan fingerprint density at radius 3 is 2.83 bits per heavy atom. The highest BCUT2D eigenvalue weighted by Crippen LogP contribution is 2.26. The molecule has 100 valence electrons. The fourth-order valence-corrected chi connectivity index (χ4v) is 2.55. The van der Waals surface area contributed by atoms with Crippen molar-refractivity contribution in [1.82, 2.24) is 5.32 Å². The summed E-state index contributed by atoms with van der Waals surface area (Å²) in [5.74, 6) is 1.72. The van der Waals surface area contributed by atoms with E-state index in [1.165, 1.54) is 36.2 Å². The number of benzene rings is 1. The smallest absolute Gasteiger partial charge is 0.122 e. The van der Waals surface area contributed by atoms with Crippen molar-refractivity contribution in [2.24, 2.45) is 5.92 Å². The standard InChI is InChI=1S/C15H24N2O/c1-11-8-15(18-3)12(2)7-14(11)17-10-13-5-4-6-16-9-13/h7-8,13,16-17H,4-6,9-10H2,1-3H3. The first-order chi connectivity index (χ1) is 8.70. The van der Waals surface area contributed by atoms with Gasteiger partial charge < -0.3 is 15.4 Å². The lowest BCUT2D eigenvalue weighted by Gasteiger charge is -2.24. The SMILES string of the molecule is COc1cc(C)c(NCC2CCCNC2)cc1C. The van der Waals surface area contributed by atoms with Crippen LogP contribution in [0, 0.1) is 19.8 Å². The van der Waals surface area contributed by atoms with E-state index >= 15 is 0 Å². The third kappa shape index (κ3) is 3.16. The monoisotopic (exact) mass is 248 g/mol. The van der Waals surface area contributed by atoms with E-state index in [0.717, 1.165) is 24.8 Å². The predicted octanol–water partition coefficient (Wildman–Crippen LogP) is 2.72. The van der Waals surface area contributed by atoms with E-state index in [1.807, 2.05) is 0 Å². The van der Waals surface area contributed by atoms with Gasteiger partial charge in [0.15, 0.2) is 0 Å². The molecule has 0 radical (unpaired) electrons. The van der Waals surface area contributed by atoms with Crippen molar-refractivity contribution in [2.45, 2.75) is 26.7 Å². The molecule has 0 saturated carbocycles. The first-order valence-electron chi connectivity index (χ1n) is 6.80. The van der Waals surface area contributed by atoms with Crippen molar-refractivity contribution >= 4 is 5.69 Å². The summed E-state index contributed by atoms with van der Waals surface area (Å²) in [4.78, 5) is 0. The zero-order chi connectivity index (χ0) is 13.0. The average Bonchev–Trinajstić information content (AvgIpc) is 2.40. The lowest BCUT2D eigenvalue weighted by molar-refractivity contribution is 0.392. The molecular weight excluding hydrogens is 224 g/mol. The number of ether oxygens (including phenoxy) is 1. The van der Waals surface area contributed by atoms with Crippen molar-refractivity contribution in [3.05, 3.63) is 23.3 Å². The van der Waals surface area contributed by atoms with Gasteiger partial charge in [0.1, 0.15) is 5.75 Å². The molecule has 1 fully saturated rings. The molecule has 3 heteroatoms. The highest BCUT2D eigenvalue weighted by molar-refractivity contribution is 5.57. The van der Waals surface area contributed by atoms with Gasteiger partial charge in [-0.25, -0.2) is 0 Å². The second-order valence-corrected chi connectivity index (χ2v) is 5.23. The molecule has 1 atom stereocenters. The minimum absolute atomic E-state index is 0.751. The second-order valence-electron chi connectivity index (χ2n) is 5.23. The van der Waals surface area contributed by atoms with Crippen LogP contribution in [0.5, 0.6) is 5.75 Å². The molecule has 0 aromatic heterocycles. The fourth-order valence-electron chi connectivity index (χ4n) is 2.55. The Morgan fingerprint density at radius 1 is 1.33 bits per heavy atom. The van der Waals surface area contributed by atoms with Crippen molar-refractivity contribution in [3.63, 3.8) is 0 Å². The minimum atomic E-state index is 0.751. The Hall–Kier alpha value is -1.22. The summed E-state index contributed by atoms with van der Waals surface area (Å²) >= 11 is 0. The molecule has 3 nitrogen and oxygen atoms in total. The van der Waals surface area contributed by atoms with E-state index in [1.54, 1.807) is 7.11 Å². The fraction of sp³-hybridized carbons (Fsp3) is 0.600. The van der Waals surface area contributed by atoms with Crippen molar-refractivity contribution in [2.75, 3.05) is 32.1 Å². The quantitative estimate of drug-likeness (QED) is 0.859. The zero-order valence-corrected chi connectivity index (χ0v) is 11.7. The van der Waals surface area contributed by atoms with Gasteiger partial charge in [0.2, 0.25) is 0 Å². The lowest BCUT2D eigenvalue weighted by atomic mass is 9.99. The molecule has 2 N–H and O–H groups in total. The van der Waals surface area contributed by atoms with Crippen LogP contribution in [0.1, 0.15) is 24.0 Å². The van der Waals surface area contributed by atoms with Gasteiger partial charge in [-0.05, 0) is 69.0 Å². The summed E-state index contributed by atoms with van der Waals surface area (Å²) in [5, 5.41) is 7.03. The molecule has 18 heavy (non-hydrogen) atoms. The van der Waals surface area contributed by atoms with Crippen molar-refractivity contribution < 1.29 is 4.74 Å². The van der Waals surface area contributed by atoms with E-state index in [9.17, 15) is 0 Å². The normalized spacial score (nSPS) is 19.6. The zero-order valence-electron chi connectivity index (χ0n) is 11.7. The maximum absolute atomic E-state index is 5.34. The van der Waals surface area contributed by atoms with E-state index < -0.39 is 0 Å². The molecule has 1 aromatic rings. The molecule has 2 rings (SSSR count). The van der Waals surface area contributed by atoms with E-state index in [4.69, 9.17) is 4.74 Å². The topological polar surface area (TPSA) is 33.3 Å². The Kier molecular flexibility index (Phi) is 4.48. The minimum Gasteiger partial charge on any atom is -0.496 e. The Morgan fingerprint density at radius 2 is 2.17 bits per heavy atom. The first-order valence-corrected chi connectivity index (χ1v) is 6.80. The summed E-state index contributed by atoms with van der Waals surface area (Å²) < 4.78 is 5.34. The van der Waals surface area contributed by atoms with Crippen molar-refractivity contribution in [3.8, 4) is 5.75 Å². The largest absolute Gasteiger partial charge is 0.496 e. The number of hydrogen-bond acceptors (Lipinski definition) is 3. The molecule has 0 aliphatic carbocycles. The number of anilines is 1. The van der Waals surface area contributed by atoms with Crippen LogP contribution in [0.25, 0.3) is 0 Å². The molecule has 0 bridgehead atoms. The molecule has 1 unspecified atom stereocenters. The number of rotatable bonds is 4. The van der Waals surface area contributed by atoms with Gasteiger partial charge in [-0.3, -0.25) is 0 Å². The Balaban J connectivity index is 1.98. The van der Waals surface area contributed by atoms with Crippen LogP contribution in [0.2, 0.25) is 0 Å². The van der Waals surface area contributed by atoms with Gasteiger partial charge in [0.05, 0.1) is 7.11 Å². The molecule has 1 aromatic carbocycles. The lowest BCUT2D eigenvalue weighted by Crippen LogP contribution is -2.33. The maximum atomic E-state index is 5.34. The third-order valence-electron chi connectivity index (χ3n) is 3.72. The van der Waals surface area contributed by atoms with Gasteiger partial charge in [-0.2, -0.15) is 0 Å². The molecule has 1 heterocycles. The summed E-state index contributed by atoms with van der Waals surface area (Å²) in [7, 11) is 1.72. The Bertz CT molecular complexity index is 398. The second kappa shape index (κ2) is 6.10. The highest BCUT2D eigenvalue weighted by atomic mass is 16.5. The molecular formula is C15H24N2O. The van der Waals surface area contributed by atoms with Crippen LogP contribution in [0.3, 0.4) is 0 Å². The van der Waals surface area contributed by atoms with Crippen LogP contribution >= 0.6 is 0 Å². The van der Waals surface area contributed by atoms with Gasteiger partial charge in [-0.15, -0.1) is 0 Å². The summed E-state index contributed by atoms with van der Waals surface area (Å²) in [6, 6.07) is 4.29. The predicted molar refractivity (Wildman–Crippen MR) is 76.6 cm³/mol. The summed E-state index contributed by atoms with van der Waals surface area (Å²) in [5.41, 5.74) is 3.67. The van der Waals surface area contributed by atoms with Gasteiger partial charge >= 0.3 is 0 Å². The van der Waals surface area contributed by atoms with Gasteiger partial charge in [-0.1, -0.05) is 0 Å². The number of aryl methyl sites for hydroxylation is 2. The van der Waals surface area contributed by atoms with Crippen LogP contribution in [0.15, 0.2) is 12.1 Å². The molecule has 0 amide bonds. The molecule has 1 aliphatic rings. The van der Waals surface area contributed by atoms with Crippen LogP contribution in [-0.4, -0.2) is 26.7 Å². The van der Waals surface area contributed by atoms with E-state index in [0.29, 0.717) is 0 Å². The summed E-state index contributed by atoms with van der Waals surface area (Å²) in [6.07, 6.45) is 2.63. The van der Waals surface area contributed by atoms with Crippen molar-refractivity contribution in [1.29, 1.82) is 0 Å². The van der Waals surface area contributed by atoms with Gasteiger partial charge in [0, 0.05) is 12.2 Å². The highest BCUT2D eigenvalue weighted by Gasteiger charge is 2.13. The first kappa shape index (κ1) is 13.2. The number of methoxy groups -OCH3 is 1. The van der Waals surface area contributed by atoms with Crippen LogP contribution in [-0.2, 0) is 0 Å². The van der Waals surface area contributed by atoms with E-state index in [-0.39, 0.29) is 0 Å². The number of piperidine rings is 1. The molecule has 1 aliphatic heterocycles. The summed E-state index contributed by atoms with van der Waals surface area (Å²) in [6.45, 7) is 7.59. The Labute approximate surface area is 110 Å².